The molecule has 0 spiro atoms. The van der Waals surface area contributed by atoms with E-state index in [1.54, 1.807) is 0 Å². The number of hydrogen-bond donors (Lipinski definition) is 1. The van der Waals surface area contributed by atoms with Gasteiger partial charge in [-0.2, -0.15) is 0 Å². The molecule has 0 unspecified atom stereocenters. The Morgan fingerprint density at radius 3 is 2.69 bits per heavy atom. The number of nitrogens with one attached hydrogen (secondary N) is 1. The van der Waals surface area contributed by atoms with E-state index in [1.807, 2.05) is 11.8 Å². The van der Waals surface area contributed by atoms with E-state index in [0.29, 0.717) is 0 Å². The van der Waals surface area contributed by atoms with Crippen molar-refractivity contribution < 1.29 is 0 Å². The van der Waals surface area contributed by atoms with Crippen LogP contribution >= 0.6 is 11.8 Å². The van der Waals surface area contributed by atoms with Gasteiger partial charge in [-0.1, -0.05) is 31.0 Å². The highest BCUT2D eigenvalue weighted by atomic mass is 32.2. The summed E-state index contributed by atoms with van der Waals surface area (Å²) >= 11 is 1.93. The van der Waals surface area contributed by atoms with Crippen LogP contribution in [0.3, 0.4) is 0 Å². The summed E-state index contributed by atoms with van der Waals surface area (Å²) in [6.07, 6.45) is 5.78. The zero-order valence-corrected chi connectivity index (χ0v) is 10.6. The van der Waals surface area contributed by atoms with E-state index in [1.165, 1.54) is 42.9 Å². The molecule has 0 heterocycles. The highest BCUT2D eigenvalue weighted by molar-refractivity contribution is 7.99. The van der Waals surface area contributed by atoms with Crippen molar-refractivity contribution in [1.82, 2.24) is 5.32 Å². The molecule has 1 saturated carbocycles. The molecule has 1 nitrogen and oxygen atoms in total. The fourth-order valence-corrected chi connectivity index (χ4v) is 2.64. The van der Waals surface area contributed by atoms with Crippen molar-refractivity contribution in [2.24, 2.45) is 5.92 Å². The van der Waals surface area contributed by atoms with Gasteiger partial charge in [-0.15, -0.1) is 11.8 Å². The minimum absolute atomic E-state index is 1.08. The lowest BCUT2D eigenvalue weighted by atomic mass is 10.2. The maximum absolute atomic E-state index is 3.52. The van der Waals surface area contributed by atoms with E-state index in [2.05, 4.69) is 35.6 Å². The molecule has 0 aliphatic heterocycles. The Morgan fingerprint density at radius 2 is 1.94 bits per heavy atom. The fraction of sp³-hybridized carbons (Fsp3) is 0.571. The second-order valence-corrected chi connectivity index (χ2v) is 5.67. The van der Waals surface area contributed by atoms with E-state index in [4.69, 9.17) is 0 Å². The lowest BCUT2D eigenvalue weighted by Crippen LogP contribution is -2.18. The highest BCUT2D eigenvalue weighted by Crippen LogP contribution is 2.33. The number of rotatable bonds is 8. The normalized spacial score (nSPS) is 15.2. The van der Waals surface area contributed by atoms with Crippen LogP contribution in [0.5, 0.6) is 0 Å². The minimum Gasteiger partial charge on any atom is -0.316 e. The van der Waals surface area contributed by atoms with Crippen LogP contribution in [0.15, 0.2) is 35.2 Å². The first-order chi connectivity index (χ1) is 7.95. The van der Waals surface area contributed by atoms with Crippen molar-refractivity contribution >= 4 is 11.8 Å². The lowest BCUT2D eigenvalue weighted by molar-refractivity contribution is 0.609. The van der Waals surface area contributed by atoms with Crippen molar-refractivity contribution in [1.29, 1.82) is 0 Å². The maximum Gasteiger partial charge on any atom is 0.0106 e. The second-order valence-electron chi connectivity index (χ2n) is 4.50. The van der Waals surface area contributed by atoms with E-state index < -0.39 is 0 Å². The summed E-state index contributed by atoms with van der Waals surface area (Å²) < 4.78 is 0. The van der Waals surface area contributed by atoms with Gasteiger partial charge in [0.25, 0.3) is 0 Å². The molecule has 0 saturated heterocycles. The summed E-state index contributed by atoms with van der Waals surface area (Å²) in [4.78, 5) is 1.38. The van der Waals surface area contributed by atoms with Crippen LogP contribution in [-0.4, -0.2) is 18.8 Å². The van der Waals surface area contributed by atoms with Crippen LogP contribution in [-0.2, 0) is 0 Å². The molecule has 0 aromatic heterocycles. The van der Waals surface area contributed by atoms with Crippen LogP contribution in [0.4, 0.5) is 0 Å². The Bertz CT molecular complexity index is 282. The van der Waals surface area contributed by atoms with Crippen LogP contribution in [0, 0.1) is 5.92 Å². The molecule has 1 aliphatic rings. The van der Waals surface area contributed by atoms with Crippen molar-refractivity contribution in [3.05, 3.63) is 30.3 Å². The van der Waals surface area contributed by atoms with Gasteiger partial charge in [0.15, 0.2) is 0 Å². The summed E-state index contributed by atoms with van der Waals surface area (Å²) in [5.41, 5.74) is 0. The van der Waals surface area contributed by atoms with Gasteiger partial charge >= 0.3 is 0 Å². The predicted molar refractivity (Wildman–Crippen MR) is 72.0 cm³/mol. The van der Waals surface area contributed by atoms with Gasteiger partial charge in [-0.3, -0.25) is 0 Å². The molecule has 1 N–H and O–H groups in total. The zero-order valence-electron chi connectivity index (χ0n) is 9.82. The molecule has 2 rings (SSSR count). The molecule has 0 radical (unpaired) electrons. The number of benzene rings is 1. The van der Waals surface area contributed by atoms with E-state index >= 15 is 0 Å². The fourth-order valence-electron chi connectivity index (χ4n) is 1.81. The van der Waals surface area contributed by atoms with Gasteiger partial charge in [-0.25, -0.2) is 0 Å². The molecule has 16 heavy (non-hydrogen) atoms. The largest absolute Gasteiger partial charge is 0.316 e. The average molecular weight is 235 g/mol. The maximum atomic E-state index is 3.52. The Labute approximate surface area is 103 Å². The average Bonchev–Trinajstić information content (AvgIpc) is 3.13. The first-order valence-electron chi connectivity index (χ1n) is 6.34. The Hall–Kier alpha value is -0.470. The second kappa shape index (κ2) is 6.97. The Balaban J connectivity index is 1.42. The van der Waals surface area contributed by atoms with Gasteiger partial charge in [0.2, 0.25) is 0 Å². The molecule has 1 aromatic carbocycles. The molecule has 0 amide bonds. The minimum atomic E-state index is 1.08. The molecule has 88 valence electrons. The van der Waals surface area contributed by atoms with Crippen LogP contribution in [0.25, 0.3) is 0 Å². The van der Waals surface area contributed by atoms with Gasteiger partial charge in [0.05, 0.1) is 0 Å². The summed E-state index contributed by atoms with van der Waals surface area (Å²) in [6, 6.07) is 10.6. The summed E-state index contributed by atoms with van der Waals surface area (Å²) in [6.45, 7) is 2.33. The molecular weight excluding hydrogens is 214 g/mol. The molecule has 1 fully saturated rings. The molecule has 2 heteroatoms. The van der Waals surface area contributed by atoms with Crippen molar-refractivity contribution in [3.8, 4) is 0 Å². The Kier molecular flexibility index (Phi) is 5.23. The molecule has 0 atom stereocenters. The first-order valence-corrected chi connectivity index (χ1v) is 7.32. The van der Waals surface area contributed by atoms with Crippen LogP contribution in [0.2, 0.25) is 0 Å². The first kappa shape index (κ1) is 12.0. The third kappa shape index (κ3) is 5.04. The van der Waals surface area contributed by atoms with Crippen molar-refractivity contribution in [2.45, 2.75) is 30.6 Å². The lowest BCUT2D eigenvalue weighted by Gasteiger charge is -2.04. The summed E-state index contributed by atoms with van der Waals surface area (Å²) in [5, 5.41) is 3.52. The Morgan fingerprint density at radius 1 is 1.12 bits per heavy atom. The van der Waals surface area contributed by atoms with E-state index in [0.717, 1.165) is 12.5 Å². The van der Waals surface area contributed by atoms with E-state index in [-0.39, 0.29) is 0 Å². The van der Waals surface area contributed by atoms with Gasteiger partial charge in [0, 0.05) is 17.2 Å². The molecule has 1 aliphatic carbocycles. The smallest absolute Gasteiger partial charge is 0.0106 e. The van der Waals surface area contributed by atoms with Gasteiger partial charge in [-0.05, 0) is 37.4 Å². The predicted octanol–water partition coefficient (Wildman–Crippen LogP) is 3.56. The van der Waals surface area contributed by atoms with Crippen LogP contribution in [0.1, 0.15) is 25.7 Å². The summed E-state index contributed by atoms with van der Waals surface area (Å²) in [7, 11) is 0. The highest BCUT2D eigenvalue weighted by Gasteiger charge is 2.19. The monoisotopic (exact) mass is 235 g/mol. The van der Waals surface area contributed by atoms with Crippen LogP contribution < -0.4 is 5.32 Å². The summed E-state index contributed by atoms with van der Waals surface area (Å²) in [5.74, 6) is 2.26. The zero-order chi connectivity index (χ0) is 11.1. The topological polar surface area (TPSA) is 12.0 Å². The third-order valence-corrected chi connectivity index (χ3v) is 3.97. The number of hydrogen-bond acceptors (Lipinski definition) is 2. The van der Waals surface area contributed by atoms with Crippen molar-refractivity contribution in [2.75, 3.05) is 18.8 Å². The van der Waals surface area contributed by atoms with Gasteiger partial charge in [0.1, 0.15) is 0 Å². The van der Waals surface area contributed by atoms with E-state index in [9.17, 15) is 0 Å². The van der Waals surface area contributed by atoms with Gasteiger partial charge < -0.3 is 5.32 Å². The molecular formula is C14H21NS. The quantitative estimate of drug-likeness (QED) is 0.546. The standard InChI is InChI=1S/C14H21NS/c1-2-6-14(7-3-1)16-12-11-15-10-4-5-13-8-9-13/h1-3,6-7,13,15H,4-5,8-12H2. The number of thioether (sulfide) groups is 1. The molecule has 0 bridgehead atoms. The van der Waals surface area contributed by atoms with Crippen molar-refractivity contribution in [3.63, 3.8) is 0 Å². The SMILES string of the molecule is c1ccc(SCCNCCCC2CC2)cc1. The third-order valence-electron chi connectivity index (χ3n) is 2.95. The molecule has 1 aromatic rings.